The lowest BCUT2D eigenvalue weighted by atomic mass is 10.2. The van der Waals surface area contributed by atoms with Gasteiger partial charge in [-0.2, -0.15) is 5.48 Å². The maximum absolute atomic E-state index is 12.9. The molecule has 0 aliphatic rings. The number of benzene rings is 1. The first-order chi connectivity index (χ1) is 6.24. The number of hydrogen-bond acceptors (Lipinski definition) is 2. The van der Waals surface area contributed by atoms with Crippen molar-refractivity contribution in [3.63, 3.8) is 0 Å². The number of hydrogen-bond donors (Lipinski definition) is 1. The molecule has 1 aromatic rings. The van der Waals surface area contributed by atoms with E-state index in [1.165, 1.54) is 0 Å². The summed E-state index contributed by atoms with van der Waals surface area (Å²) in [4.78, 5) is 4.79. The first kappa shape index (κ1) is 10.1. The van der Waals surface area contributed by atoms with E-state index in [2.05, 4.69) is 5.48 Å². The molecule has 0 aliphatic carbocycles. The van der Waals surface area contributed by atoms with Crippen LogP contribution in [0.4, 0.5) is 8.78 Å². The molecule has 0 saturated carbocycles. The zero-order valence-corrected chi connectivity index (χ0v) is 7.31. The van der Waals surface area contributed by atoms with Gasteiger partial charge in [0.1, 0.15) is 11.6 Å². The number of rotatable bonds is 4. The average Bonchev–Trinajstić information content (AvgIpc) is 2.11. The molecule has 72 valence electrons. The van der Waals surface area contributed by atoms with Gasteiger partial charge in [0.05, 0.1) is 6.61 Å². The van der Waals surface area contributed by atoms with Gasteiger partial charge in [-0.25, -0.2) is 8.78 Å². The van der Waals surface area contributed by atoms with Gasteiger partial charge in [0.15, 0.2) is 0 Å². The molecule has 0 aliphatic heterocycles. The molecule has 0 heterocycles. The van der Waals surface area contributed by atoms with E-state index >= 15 is 0 Å². The molecule has 0 spiro atoms. The van der Waals surface area contributed by atoms with Crippen molar-refractivity contribution in [2.24, 2.45) is 0 Å². The van der Waals surface area contributed by atoms with Crippen molar-refractivity contribution in [3.8, 4) is 0 Å². The first-order valence-electron chi connectivity index (χ1n) is 4.02. The molecule has 0 unspecified atom stereocenters. The molecule has 1 N–H and O–H groups in total. The molecule has 0 amide bonds. The van der Waals surface area contributed by atoms with Gasteiger partial charge in [0, 0.05) is 12.1 Å². The second kappa shape index (κ2) is 4.89. The van der Waals surface area contributed by atoms with E-state index in [0.717, 1.165) is 18.2 Å². The third-order valence-electron chi connectivity index (χ3n) is 1.52. The van der Waals surface area contributed by atoms with Gasteiger partial charge in [-0.3, -0.25) is 0 Å². The molecule has 0 bridgehead atoms. The standard InChI is InChI=1S/C9H11F2NO/c1-2-13-12-6-7-5-8(10)3-4-9(7)11/h3-5,12H,2,6H2,1H3. The maximum atomic E-state index is 12.9. The van der Waals surface area contributed by atoms with Crippen LogP contribution in [-0.2, 0) is 11.4 Å². The topological polar surface area (TPSA) is 21.3 Å². The van der Waals surface area contributed by atoms with Crippen LogP contribution in [0.2, 0.25) is 0 Å². The van der Waals surface area contributed by atoms with Gasteiger partial charge in [0.2, 0.25) is 0 Å². The van der Waals surface area contributed by atoms with Crippen molar-refractivity contribution >= 4 is 0 Å². The zero-order valence-electron chi connectivity index (χ0n) is 7.31. The number of nitrogens with one attached hydrogen (secondary N) is 1. The molecular formula is C9H11F2NO. The minimum atomic E-state index is -0.449. The van der Waals surface area contributed by atoms with Crippen LogP contribution in [-0.4, -0.2) is 6.61 Å². The fraction of sp³-hybridized carbons (Fsp3) is 0.333. The third-order valence-corrected chi connectivity index (χ3v) is 1.52. The summed E-state index contributed by atoms with van der Waals surface area (Å²) in [5.74, 6) is -0.886. The molecular weight excluding hydrogens is 176 g/mol. The van der Waals surface area contributed by atoms with E-state index in [-0.39, 0.29) is 12.1 Å². The summed E-state index contributed by atoms with van der Waals surface area (Å²) in [6.45, 7) is 2.45. The fourth-order valence-electron chi connectivity index (χ4n) is 0.910. The van der Waals surface area contributed by atoms with Crippen LogP contribution in [0.1, 0.15) is 12.5 Å². The summed E-state index contributed by atoms with van der Waals surface area (Å²) >= 11 is 0. The van der Waals surface area contributed by atoms with Crippen LogP contribution >= 0.6 is 0 Å². The fourth-order valence-corrected chi connectivity index (χ4v) is 0.910. The summed E-state index contributed by atoms with van der Waals surface area (Å²) in [6.07, 6.45) is 0. The summed E-state index contributed by atoms with van der Waals surface area (Å²) in [7, 11) is 0. The normalized spacial score (nSPS) is 10.4. The lowest BCUT2D eigenvalue weighted by molar-refractivity contribution is 0.0457. The Bertz CT molecular complexity index is 278. The van der Waals surface area contributed by atoms with E-state index in [9.17, 15) is 8.78 Å². The Morgan fingerprint density at radius 3 is 2.85 bits per heavy atom. The Balaban J connectivity index is 2.59. The van der Waals surface area contributed by atoms with Crippen molar-refractivity contribution in [2.45, 2.75) is 13.5 Å². The Kier molecular flexibility index (Phi) is 3.79. The minimum Gasteiger partial charge on any atom is -0.302 e. The van der Waals surface area contributed by atoms with Crippen molar-refractivity contribution < 1.29 is 13.6 Å². The summed E-state index contributed by atoms with van der Waals surface area (Å²) < 4.78 is 25.6. The Morgan fingerprint density at radius 2 is 2.15 bits per heavy atom. The van der Waals surface area contributed by atoms with E-state index < -0.39 is 11.6 Å². The lowest BCUT2D eigenvalue weighted by Crippen LogP contribution is -2.14. The highest BCUT2D eigenvalue weighted by molar-refractivity contribution is 5.18. The van der Waals surface area contributed by atoms with Crippen molar-refractivity contribution in [1.82, 2.24) is 5.48 Å². The highest BCUT2D eigenvalue weighted by atomic mass is 19.1. The van der Waals surface area contributed by atoms with E-state index in [0.29, 0.717) is 6.61 Å². The van der Waals surface area contributed by atoms with Crippen molar-refractivity contribution in [3.05, 3.63) is 35.4 Å². The van der Waals surface area contributed by atoms with Gasteiger partial charge >= 0.3 is 0 Å². The molecule has 1 rings (SSSR count). The van der Waals surface area contributed by atoms with Gasteiger partial charge in [-0.15, -0.1) is 0 Å². The van der Waals surface area contributed by atoms with Gasteiger partial charge in [-0.1, -0.05) is 0 Å². The smallest absolute Gasteiger partial charge is 0.127 e. The van der Waals surface area contributed by atoms with E-state index in [4.69, 9.17) is 4.84 Å². The highest BCUT2D eigenvalue weighted by Crippen LogP contribution is 2.08. The highest BCUT2D eigenvalue weighted by Gasteiger charge is 2.02. The molecule has 1 aromatic carbocycles. The van der Waals surface area contributed by atoms with Crippen LogP contribution in [0.15, 0.2) is 18.2 Å². The van der Waals surface area contributed by atoms with E-state index in [1.807, 2.05) is 0 Å². The Hall–Kier alpha value is -1.00. The predicted octanol–water partition coefficient (Wildman–Crippen LogP) is 2.01. The third kappa shape index (κ3) is 3.08. The first-order valence-corrected chi connectivity index (χ1v) is 4.02. The predicted molar refractivity (Wildman–Crippen MR) is 44.8 cm³/mol. The van der Waals surface area contributed by atoms with Gasteiger partial charge in [0.25, 0.3) is 0 Å². The van der Waals surface area contributed by atoms with Crippen molar-refractivity contribution in [2.75, 3.05) is 6.61 Å². The van der Waals surface area contributed by atoms with Gasteiger partial charge in [-0.05, 0) is 25.1 Å². The summed E-state index contributed by atoms with van der Waals surface area (Å²) in [6, 6.07) is 3.32. The minimum absolute atomic E-state index is 0.164. The zero-order chi connectivity index (χ0) is 9.68. The van der Waals surface area contributed by atoms with Crippen LogP contribution in [0.5, 0.6) is 0 Å². The molecule has 0 saturated heterocycles. The van der Waals surface area contributed by atoms with Gasteiger partial charge < -0.3 is 4.84 Å². The lowest BCUT2D eigenvalue weighted by Gasteiger charge is -2.04. The van der Waals surface area contributed by atoms with E-state index in [1.54, 1.807) is 6.92 Å². The second-order valence-corrected chi connectivity index (χ2v) is 2.49. The molecule has 13 heavy (non-hydrogen) atoms. The SMILES string of the molecule is CCONCc1cc(F)ccc1F. The Labute approximate surface area is 75.5 Å². The summed E-state index contributed by atoms with van der Waals surface area (Å²) in [5, 5.41) is 0. The van der Waals surface area contributed by atoms with Crippen LogP contribution in [0.3, 0.4) is 0 Å². The Morgan fingerprint density at radius 1 is 1.38 bits per heavy atom. The van der Waals surface area contributed by atoms with Crippen LogP contribution < -0.4 is 5.48 Å². The molecule has 2 nitrogen and oxygen atoms in total. The molecule has 4 heteroatoms. The molecule has 0 aromatic heterocycles. The number of halogens is 2. The second-order valence-electron chi connectivity index (χ2n) is 2.49. The summed E-state index contributed by atoms with van der Waals surface area (Å²) in [5.41, 5.74) is 2.77. The quantitative estimate of drug-likeness (QED) is 0.575. The largest absolute Gasteiger partial charge is 0.302 e. The van der Waals surface area contributed by atoms with Crippen LogP contribution in [0.25, 0.3) is 0 Å². The monoisotopic (exact) mass is 187 g/mol. The molecule has 0 radical (unpaired) electrons. The maximum Gasteiger partial charge on any atom is 0.127 e. The molecule has 0 fully saturated rings. The average molecular weight is 187 g/mol. The van der Waals surface area contributed by atoms with Crippen molar-refractivity contribution in [1.29, 1.82) is 0 Å². The molecule has 0 atom stereocenters. The number of hydroxylamine groups is 1. The van der Waals surface area contributed by atoms with Crippen LogP contribution in [0, 0.1) is 11.6 Å².